The molecular weight excluding hydrogens is 643 g/mol. The molecule has 0 unspecified atom stereocenters. The monoisotopic (exact) mass is 683 g/mol. The molecule has 0 N–H and O–H groups in total. The van der Waals surface area contributed by atoms with E-state index in [0.717, 1.165) is 51.9 Å². The SMILES string of the molecule is CN(c1ccc(N(C2=CCC=CC(c3ccccc3)=C2)c2ccccc2)cc1)c1ccc(N(c2ccccc2)c2cccc(-c3ccccc3)c2)cc1. The van der Waals surface area contributed by atoms with Gasteiger partial charge in [0.15, 0.2) is 0 Å². The second-order valence-electron chi connectivity index (χ2n) is 13.1. The summed E-state index contributed by atoms with van der Waals surface area (Å²) in [7, 11) is 2.13. The van der Waals surface area contributed by atoms with Crippen LogP contribution in [0.2, 0.25) is 0 Å². The third-order valence-electron chi connectivity index (χ3n) is 9.66. The van der Waals surface area contributed by atoms with Crippen molar-refractivity contribution in [2.75, 3.05) is 21.7 Å². The third-order valence-corrected chi connectivity index (χ3v) is 9.66. The summed E-state index contributed by atoms with van der Waals surface area (Å²) in [4.78, 5) is 6.91. The van der Waals surface area contributed by atoms with Crippen molar-refractivity contribution in [3.8, 4) is 11.1 Å². The minimum absolute atomic E-state index is 0.864. The van der Waals surface area contributed by atoms with E-state index in [2.05, 4.69) is 240 Å². The van der Waals surface area contributed by atoms with Crippen LogP contribution in [0.5, 0.6) is 0 Å². The molecule has 0 fully saturated rings. The van der Waals surface area contributed by atoms with Crippen LogP contribution in [0.15, 0.2) is 224 Å². The van der Waals surface area contributed by atoms with Gasteiger partial charge in [0.2, 0.25) is 0 Å². The van der Waals surface area contributed by atoms with Gasteiger partial charge < -0.3 is 14.7 Å². The minimum Gasteiger partial charge on any atom is -0.345 e. The zero-order chi connectivity index (χ0) is 35.8. The highest BCUT2D eigenvalue weighted by Crippen LogP contribution is 2.39. The van der Waals surface area contributed by atoms with Crippen molar-refractivity contribution < 1.29 is 0 Å². The lowest BCUT2D eigenvalue weighted by molar-refractivity contribution is 1.17. The van der Waals surface area contributed by atoms with Gasteiger partial charge in [-0.05, 0) is 120 Å². The van der Waals surface area contributed by atoms with Crippen molar-refractivity contribution in [3.63, 3.8) is 0 Å². The Morgan fingerprint density at radius 1 is 0.377 bits per heavy atom. The first-order chi connectivity index (χ1) is 26.2. The molecule has 53 heavy (non-hydrogen) atoms. The van der Waals surface area contributed by atoms with Crippen LogP contribution in [0.1, 0.15) is 12.0 Å². The van der Waals surface area contributed by atoms with Gasteiger partial charge in [-0.15, -0.1) is 0 Å². The molecule has 0 aliphatic heterocycles. The molecule has 0 saturated heterocycles. The van der Waals surface area contributed by atoms with Gasteiger partial charge in [-0.2, -0.15) is 0 Å². The average molecular weight is 684 g/mol. The highest BCUT2D eigenvalue weighted by atomic mass is 15.2. The van der Waals surface area contributed by atoms with Gasteiger partial charge in [-0.25, -0.2) is 0 Å². The second-order valence-corrected chi connectivity index (χ2v) is 13.1. The Hall–Kier alpha value is -6.84. The molecule has 3 nitrogen and oxygen atoms in total. The van der Waals surface area contributed by atoms with Crippen LogP contribution in [0.25, 0.3) is 16.7 Å². The van der Waals surface area contributed by atoms with E-state index < -0.39 is 0 Å². The zero-order valence-electron chi connectivity index (χ0n) is 29.8. The van der Waals surface area contributed by atoms with E-state index in [0.29, 0.717) is 0 Å². The van der Waals surface area contributed by atoms with Crippen LogP contribution in [0, 0.1) is 0 Å². The van der Waals surface area contributed by atoms with Crippen LogP contribution in [-0.4, -0.2) is 7.05 Å². The van der Waals surface area contributed by atoms with Crippen LogP contribution in [-0.2, 0) is 0 Å². The number of hydrogen-bond acceptors (Lipinski definition) is 3. The molecule has 1 aliphatic carbocycles. The number of hydrogen-bond donors (Lipinski definition) is 0. The summed E-state index contributed by atoms with van der Waals surface area (Å²) >= 11 is 0. The van der Waals surface area contributed by atoms with Crippen molar-refractivity contribution in [2.24, 2.45) is 0 Å². The van der Waals surface area contributed by atoms with Gasteiger partial charge in [-0.3, -0.25) is 0 Å². The Bertz CT molecular complexity index is 2340. The molecule has 1 aliphatic rings. The van der Waals surface area contributed by atoms with E-state index in [-0.39, 0.29) is 0 Å². The molecule has 8 rings (SSSR count). The molecule has 0 spiro atoms. The maximum atomic E-state index is 2.35. The predicted octanol–water partition coefficient (Wildman–Crippen LogP) is 13.7. The number of nitrogens with zero attached hydrogens (tertiary/aromatic N) is 3. The Labute approximate surface area is 313 Å². The Balaban J connectivity index is 1.08. The van der Waals surface area contributed by atoms with Crippen molar-refractivity contribution >= 4 is 45.4 Å². The molecule has 0 atom stereocenters. The largest absolute Gasteiger partial charge is 0.345 e. The van der Waals surface area contributed by atoms with Gasteiger partial charge in [0.05, 0.1) is 0 Å². The molecule has 0 amide bonds. The summed E-state index contributed by atoms with van der Waals surface area (Å²) in [5, 5.41) is 0. The summed E-state index contributed by atoms with van der Waals surface area (Å²) in [6.07, 6.45) is 9.93. The first-order valence-corrected chi connectivity index (χ1v) is 18.1. The summed E-state index contributed by atoms with van der Waals surface area (Å²) in [6, 6.07) is 68.8. The van der Waals surface area contributed by atoms with Crippen molar-refractivity contribution in [2.45, 2.75) is 6.42 Å². The second kappa shape index (κ2) is 15.6. The van der Waals surface area contributed by atoms with E-state index in [4.69, 9.17) is 0 Å². The standard InChI is InChI=1S/C50H41N3/c1-51(44-31-35-48(36-32-44)53(46-25-12-5-13-26-46)50-28-16-22-42(38-50)40-19-8-3-9-20-40)43-29-33-47(34-30-43)52(45-23-10-4-11-24-45)49-27-15-14-21-41(37-49)39-17-6-2-7-18-39/h2-14,16-38H,15H2,1H3. The predicted molar refractivity (Wildman–Crippen MR) is 226 cm³/mol. The molecule has 0 bridgehead atoms. The molecule has 3 heteroatoms. The van der Waals surface area contributed by atoms with Crippen LogP contribution < -0.4 is 14.7 Å². The molecule has 256 valence electrons. The van der Waals surface area contributed by atoms with Crippen molar-refractivity contribution in [1.82, 2.24) is 0 Å². The zero-order valence-corrected chi connectivity index (χ0v) is 29.8. The molecular formula is C50H41N3. The lowest BCUT2D eigenvalue weighted by atomic mass is 10.0. The third kappa shape index (κ3) is 7.46. The van der Waals surface area contributed by atoms with Crippen LogP contribution >= 0.6 is 0 Å². The lowest BCUT2D eigenvalue weighted by Crippen LogP contribution is -2.16. The quantitative estimate of drug-likeness (QED) is 0.142. The van der Waals surface area contributed by atoms with E-state index in [1.54, 1.807) is 0 Å². The Kier molecular flexibility index (Phi) is 9.80. The number of anilines is 7. The Morgan fingerprint density at radius 3 is 1.40 bits per heavy atom. The first kappa shape index (κ1) is 33.3. The Morgan fingerprint density at radius 2 is 0.811 bits per heavy atom. The van der Waals surface area contributed by atoms with Gasteiger partial charge in [0, 0.05) is 52.6 Å². The van der Waals surface area contributed by atoms with E-state index >= 15 is 0 Å². The summed E-state index contributed by atoms with van der Waals surface area (Å²) in [5.41, 5.74) is 13.7. The average Bonchev–Trinajstić information content (AvgIpc) is 3.49. The van der Waals surface area contributed by atoms with Crippen LogP contribution in [0.4, 0.5) is 39.8 Å². The molecule has 0 aromatic heterocycles. The number of allylic oxidation sites excluding steroid dienone is 5. The summed E-state index contributed by atoms with van der Waals surface area (Å²) < 4.78 is 0. The fraction of sp³-hybridized carbons (Fsp3) is 0.0400. The van der Waals surface area contributed by atoms with Gasteiger partial charge >= 0.3 is 0 Å². The van der Waals surface area contributed by atoms with Crippen LogP contribution in [0.3, 0.4) is 0 Å². The van der Waals surface area contributed by atoms with E-state index in [1.807, 2.05) is 0 Å². The van der Waals surface area contributed by atoms with Crippen molar-refractivity contribution in [1.29, 1.82) is 0 Å². The lowest BCUT2D eigenvalue weighted by Gasteiger charge is -2.28. The van der Waals surface area contributed by atoms with E-state index in [1.165, 1.54) is 22.3 Å². The summed E-state index contributed by atoms with van der Waals surface area (Å²) in [5.74, 6) is 0. The number of benzene rings is 7. The minimum atomic E-state index is 0.864. The fourth-order valence-electron chi connectivity index (χ4n) is 6.92. The molecule has 7 aromatic carbocycles. The topological polar surface area (TPSA) is 9.72 Å². The molecule has 0 heterocycles. The molecule has 0 saturated carbocycles. The number of rotatable bonds is 10. The normalized spacial score (nSPS) is 12.3. The molecule has 7 aromatic rings. The van der Waals surface area contributed by atoms with Gasteiger partial charge in [-0.1, -0.05) is 127 Å². The first-order valence-electron chi connectivity index (χ1n) is 18.1. The summed E-state index contributed by atoms with van der Waals surface area (Å²) in [6.45, 7) is 0. The smallest absolute Gasteiger partial charge is 0.0467 e. The van der Waals surface area contributed by atoms with E-state index in [9.17, 15) is 0 Å². The van der Waals surface area contributed by atoms with Crippen molar-refractivity contribution in [3.05, 3.63) is 230 Å². The van der Waals surface area contributed by atoms with Gasteiger partial charge in [0.1, 0.15) is 0 Å². The maximum Gasteiger partial charge on any atom is 0.0467 e. The van der Waals surface area contributed by atoms with Gasteiger partial charge in [0.25, 0.3) is 0 Å². The fourth-order valence-corrected chi connectivity index (χ4v) is 6.92. The molecule has 0 radical (unpaired) electrons. The highest BCUT2D eigenvalue weighted by Gasteiger charge is 2.17. The maximum absolute atomic E-state index is 2.35. The number of para-hydroxylation sites is 2. The highest BCUT2D eigenvalue weighted by molar-refractivity contribution is 5.83.